The highest BCUT2D eigenvalue weighted by Crippen LogP contribution is 2.24. The van der Waals surface area contributed by atoms with Crippen LogP contribution in [0.5, 0.6) is 5.75 Å². The van der Waals surface area contributed by atoms with Gasteiger partial charge in [-0.2, -0.15) is 0 Å². The molecule has 0 unspecified atom stereocenters. The van der Waals surface area contributed by atoms with Gasteiger partial charge in [0.05, 0.1) is 0 Å². The summed E-state index contributed by atoms with van der Waals surface area (Å²) in [5, 5.41) is 6.24. The van der Waals surface area contributed by atoms with Gasteiger partial charge in [0, 0.05) is 18.3 Å². The van der Waals surface area contributed by atoms with E-state index in [4.69, 9.17) is 9.26 Å². The lowest BCUT2D eigenvalue weighted by Gasteiger charge is -2.34. The van der Waals surface area contributed by atoms with Crippen LogP contribution in [0.4, 0.5) is 10.1 Å². The van der Waals surface area contributed by atoms with Crippen LogP contribution in [-0.2, 0) is 0 Å². The summed E-state index contributed by atoms with van der Waals surface area (Å²) in [5.74, 6) is -0.545. The normalized spacial score (nSPS) is 13.9. The zero-order valence-corrected chi connectivity index (χ0v) is 14.7. The summed E-state index contributed by atoms with van der Waals surface area (Å²) in [7, 11) is 2.07. The fourth-order valence-electron chi connectivity index (χ4n) is 2.52. The standard InChI is InChI=1S/C17H20FN3O3.ClH/c1-21(14-3-2-4-14)9-10-23-15-11-19-24-16(15)17(22)20-13-7-5-12(18)6-8-13;/h5-8,11,14H,2-4,9-10H2,1H3,(H,20,22);1H. The van der Waals surface area contributed by atoms with Crippen LogP contribution in [0.25, 0.3) is 0 Å². The molecule has 0 aliphatic heterocycles. The van der Waals surface area contributed by atoms with Crippen LogP contribution < -0.4 is 10.1 Å². The van der Waals surface area contributed by atoms with E-state index >= 15 is 0 Å². The average molecular weight is 370 g/mol. The van der Waals surface area contributed by atoms with Gasteiger partial charge in [-0.25, -0.2) is 4.39 Å². The van der Waals surface area contributed by atoms with E-state index in [0.29, 0.717) is 24.1 Å². The molecular weight excluding hydrogens is 349 g/mol. The first-order valence-electron chi connectivity index (χ1n) is 7.98. The number of ether oxygens (including phenoxy) is 1. The van der Waals surface area contributed by atoms with E-state index in [2.05, 4.69) is 22.4 Å². The Hall–Kier alpha value is -2.12. The molecule has 2 aromatic rings. The van der Waals surface area contributed by atoms with Crippen molar-refractivity contribution in [2.75, 3.05) is 25.5 Å². The third-order valence-corrected chi connectivity index (χ3v) is 4.25. The molecule has 0 bridgehead atoms. The summed E-state index contributed by atoms with van der Waals surface area (Å²) in [6.45, 7) is 1.22. The minimum Gasteiger partial charge on any atom is -0.486 e. The number of hydrogen-bond acceptors (Lipinski definition) is 5. The molecule has 1 aromatic carbocycles. The average Bonchev–Trinajstić information content (AvgIpc) is 2.96. The maximum Gasteiger partial charge on any atom is 0.298 e. The topological polar surface area (TPSA) is 67.6 Å². The Balaban J connectivity index is 0.00000225. The molecule has 3 rings (SSSR count). The summed E-state index contributed by atoms with van der Waals surface area (Å²) in [4.78, 5) is 14.5. The van der Waals surface area contributed by atoms with Gasteiger partial charge in [0.1, 0.15) is 18.6 Å². The van der Waals surface area contributed by atoms with Gasteiger partial charge < -0.3 is 19.5 Å². The Morgan fingerprint density at radius 2 is 2.12 bits per heavy atom. The molecule has 1 heterocycles. The Kier molecular flexibility index (Phi) is 6.78. The van der Waals surface area contributed by atoms with Crippen molar-refractivity contribution in [3.8, 4) is 5.75 Å². The summed E-state index contributed by atoms with van der Waals surface area (Å²) in [6.07, 6.45) is 5.13. The third-order valence-electron chi connectivity index (χ3n) is 4.25. The van der Waals surface area contributed by atoms with Gasteiger partial charge >= 0.3 is 0 Å². The number of halogens is 2. The number of amides is 1. The lowest BCUT2D eigenvalue weighted by atomic mass is 9.92. The smallest absolute Gasteiger partial charge is 0.298 e. The lowest BCUT2D eigenvalue weighted by molar-refractivity contribution is 0.0978. The monoisotopic (exact) mass is 369 g/mol. The molecule has 25 heavy (non-hydrogen) atoms. The van der Waals surface area contributed by atoms with Crippen molar-refractivity contribution in [3.63, 3.8) is 0 Å². The highest BCUT2D eigenvalue weighted by molar-refractivity contribution is 6.03. The molecule has 1 aliphatic carbocycles. The highest BCUT2D eigenvalue weighted by atomic mass is 35.5. The first-order chi connectivity index (χ1) is 11.6. The Labute approximate surface area is 151 Å². The first kappa shape index (κ1) is 19.2. The molecule has 1 amide bonds. The Morgan fingerprint density at radius 3 is 2.76 bits per heavy atom. The van der Waals surface area contributed by atoms with E-state index < -0.39 is 5.91 Å². The second-order valence-corrected chi connectivity index (χ2v) is 5.89. The number of nitrogens with zero attached hydrogens (tertiary/aromatic N) is 2. The van der Waals surface area contributed by atoms with Crippen LogP contribution in [0, 0.1) is 5.82 Å². The van der Waals surface area contributed by atoms with Crippen LogP contribution >= 0.6 is 12.4 Å². The van der Waals surface area contributed by atoms with Gasteiger partial charge in [-0.05, 0) is 44.2 Å². The number of likely N-dealkylation sites (N-methyl/N-ethyl adjacent to an activating group) is 1. The number of carbonyl (C=O) groups is 1. The van der Waals surface area contributed by atoms with Crippen molar-refractivity contribution < 1.29 is 18.4 Å². The molecule has 1 aliphatic rings. The van der Waals surface area contributed by atoms with Gasteiger partial charge in [-0.3, -0.25) is 4.79 Å². The van der Waals surface area contributed by atoms with Crippen LogP contribution in [0.2, 0.25) is 0 Å². The molecule has 8 heteroatoms. The highest BCUT2D eigenvalue weighted by Gasteiger charge is 2.22. The number of hydrogen-bond donors (Lipinski definition) is 1. The Bertz CT molecular complexity index is 689. The predicted molar refractivity (Wildman–Crippen MR) is 93.9 cm³/mol. The number of aromatic nitrogens is 1. The SMILES string of the molecule is CN(CCOc1cnoc1C(=O)Nc1ccc(F)cc1)C1CCC1.Cl. The molecule has 0 saturated heterocycles. The lowest BCUT2D eigenvalue weighted by Crippen LogP contribution is -2.39. The maximum absolute atomic E-state index is 12.9. The van der Waals surface area contributed by atoms with Crippen LogP contribution in [0.1, 0.15) is 29.8 Å². The van der Waals surface area contributed by atoms with E-state index in [9.17, 15) is 9.18 Å². The summed E-state index contributed by atoms with van der Waals surface area (Å²) in [6, 6.07) is 6.11. The van der Waals surface area contributed by atoms with Gasteiger partial charge in [0.15, 0.2) is 5.75 Å². The van der Waals surface area contributed by atoms with Crippen LogP contribution in [-0.4, -0.2) is 42.2 Å². The second kappa shape index (κ2) is 8.82. The zero-order valence-electron chi connectivity index (χ0n) is 13.9. The van der Waals surface area contributed by atoms with Crippen molar-refractivity contribution in [1.29, 1.82) is 0 Å². The number of carbonyl (C=O) groups excluding carboxylic acids is 1. The minimum absolute atomic E-state index is 0. The first-order valence-corrected chi connectivity index (χ1v) is 7.98. The molecule has 0 atom stereocenters. The minimum atomic E-state index is -0.485. The van der Waals surface area contributed by atoms with Gasteiger partial charge in [0.2, 0.25) is 0 Å². The van der Waals surface area contributed by atoms with Crippen molar-refractivity contribution in [3.05, 3.63) is 42.0 Å². The van der Waals surface area contributed by atoms with E-state index in [1.54, 1.807) is 0 Å². The molecule has 0 radical (unpaired) electrons. The molecule has 0 spiro atoms. The molecule has 136 valence electrons. The second-order valence-electron chi connectivity index (χ2n) is 5.89. The molecular formula is C17H21ClFN3O3. The van der Waals surface area contributed by atoms with Crippen LogP contribution in [0.15, 0.2) is 35.0 Å². The largest absolute Gasteiger partial charge is 0.486 e. The summed E-state index contributed by atoms with van der Waals surface area (Å²) >= 11 is 0. The van der Waals surface area contributed by atoms with Crippen LogP contribution in [0.3, 0.4) is 0 Å². The summed E-state index contributed by atoms with van der Waals surface area (Å²) in [5.41, 5.74) is 0.466. The maximum atomic E-state index is 12.9. The van der Waals surface area contributed by atoms with Crippen molar-refractivity contribution in [2.45, 2.75) is 25.3 Å². The van der Waals surface area contributed by atoms with Gasteiger partial charge in [0.25, 0.3) is 11.7 Å². The molecule has 6 nitrogen and oxygen atoms in total. The molecule has 1 saturated carbocycles. The number of rotatable bonds is 7. The predicted octanol–water partition coefficient (Wildman–Crippen LogP) is 3.35. The van der Waals surface area contributed by atoms with Crippen molar-refractivity contribution in [2.24, 2.45) is 0 Å². The zero-order chi connectivity index (χ0) is 16.9. The number of benzene rings is 1. The fourth-order valence-corrected chi connectivity index (χ4v) is 2.52. The van der Waals surface area contributed by atoms with Gasteiger partial charge in [-0.1, -0.05) is 11.6 Å². The van der Waals surface area contributed by atoms with Crippen molar-refractivity contribution in [1.82, 2.24) is 10.1 Å². The molecule has 1 fully saturated rings. The molecule has 1 aromatic heterocycles. The summed E-state index contributed by atoms with van der Waals surface area (Å²) < 4.78 is 23.5. The fraction of sp³-hybridized carbons (Fsp3) is 0.412. The molecule has 1 N–H and O–H groups in total. The quantitative estimate of drug-likeness (QED) is 0.810. The van der Waals surface area contributed by atoms with Gasteiger partial charge in [-0.15, -0.1) is 12.4 Å². The van der Waals surface area contributed by atoms with E-state index in [-0.39, 0.29) is 24.0 Å². The van der Waals surface area contributed by atoms with Crippen molar-refractivity contribution >= 4 is 24.0 Å². The third kappa shape index (κ3) is 4.93. The number of nitrogens with one attached hydrogen (secondary N) is 1. The van der Waals surface area contributed by atoms with E-state index in [0.717, 1.165) is 6.54 Å². The van der Waals surface area contributed by atoms with E-state index in [1.165, 1.54) is 49.7 Å². The number of anilines is 1. The van der Waals surface area contributed by atoms with E-state index in [1.807, 2.05) is 0 Å². The Morgan fingerprint density at radius 1 is 1.40 bits per heavy atom.